The lowest BCUT2D eigenvalue weighted by Gasteiger charge is -2.36. The van der Waals surface area contributed by atoms with E-state index in [0.717, 1.165) is 51.4 Å². The minimum atomic E-state index is 0.494. The van der Waals surface area contributed by atoms with E-state index in [9.17, 15) is 0 Å². The Morgan fingerprint density at radius 2 is 1.67 bits per heavy atom. The quantitative estimate of drug-likeness (QED) is 0.469. The minimum Gasteiger partial charge on any atom is -0.370 e. The van der Waals surface area contributed by atoms with E-state index in [2.05, 4.69) is 82.5 Å². The molecular weight excluding hydrogens is 334 g/mol. The van der Waals surface area contributed by atoms with Crippen molar-refractivity contribution in [3.05, 3.63) is 59.7 Å². The summed E-state index contributed by atoms with van der Waals surface area (Å²) in [7, 11) is 0. The summed E-state index contributed by atoms with van der Waals surface area (Å²) in [4.78, 5) is 9.45. The average molecular weight is 366 g/mol. The number of guanidine groups is 1. The number of hydrogen-bond donors (Lipinski definition) is 2. The van der Waals surface area contributed by atoms with Crippen LogP contribution in [0.3, 0.4) is 0 Å². The molecule has 0 atom stereocenters. The van der Waals surface area contributed by atoms with Gasteiger partial charge in [-0.25, -0.2) is 0 Å². The fourth-order valence-electron chi connectivity index (χ4n) is 3.60. The molecule has 144 valence electrons. The number of anilines is 2. The Hall–Kier alpha value is -2.53. The van der Waals surface area contributed by atoms with Crippen LogP contribution in [0.1, 0.15) is 17.5 Å². The molecule has 0 spiro atoms. The van der Waals surface area contributed by atoms with E-state index in [1.165, 1.54) is 16.8 Å². The van der Waals surface area contributed by atoms with Gasteiger partial charge in [-0.1, -0.05) is 24.3 Å². The summed E-state index contributed by atoms with van der Waals surface area (Å²) in [6, 6.07) is 17.0. The normalized spacial score (nSPS) is 15.8. The van der Waals surface area contributed by atoms with E-state index in [1.54, 1.807) is 0 Å². The maximum atomic E-state index is 6.03. The van der Waals surface area contributed by atoms with Crippen molar-refractivity contribution in [3.8, 4) is 0 Å². The second-order valence-electron chi connectivity index (χ2n) is 7.29. The molecule has 1 heterocycles. The third kappa shape index (κ3) is 6.00. The summed E-state index contributed by atoms with van der Waals surface area (Å²) < 4.78 is 0. The highest BCUT2D eigenvalue weighted by Gasteiger charge is 2.16. The minimum absolute atomic E-state index is 0.494. The molecule has 27 heavy (non-hydrogen) atoms. The van der Waals surface area contributed by atoms with Crippen LogP contribution in [0.2, 0.25) is 0 Å². The van der Waals surface area contributed by atoms with Gasteiger partial charge in [0, 0.05) is 50.6 Å². The molecule has 1 aliphatic rings. The molecule has 2 aromatic rings. The summed E-state index contributed by atoms with van der Waals surface area (Å²) >= 11 is 0. The molecule has 0 aliphatic carbocycles. The molecule has 3 rings (SSSR count). The summed E-state index contributed by atoms with van der Waals surface area (Å²) in [5.41, 5.74) is 10.8. The first-order chi connectivity index (χ1) is 13.1. The fraction of sp³-hybridized carbons (Fsp3) is 0.409. The standard InChI is InChI=1S/C22H31N5/c1-18-15-19(2)17-20(16-18)25-22(23)24-9-6-10-26-11-13-27(14-12-26)21-7-4-3-5-8-21/h3-5,7-8,15-17H,6,9-14H2,1-2H3,(H3,23,24,25). The highest BCUT2D eigenvalue weighted by atomic mass is 15.3. The van der Waals surface area contributed by atoms with E-state index in [4.69, 9.17) is 5.73 Å². The molecule has 0 amide bonds. The molecule has 0 unspecified atom stereocenters. The van der Waals surface area contributed by atoms with Gasteiger partial charge >= 0.3 is 0 Å². The summed E-state index contributed by atoms with van der Waals surface area (Å²) in [6.45, 7) is 10.4. The molecule has 5 heteroatoms. The Labute approximate surface area is 162 Å². The maximum Gasteiger partial charge on any atom is 0.193 e. The van der Waals surface area contributed by atoms with Gasteiger partial charge in [0.2, 0.25) is 0 Å². The van der Waals surface area contributed by atoms with Crippen molar-refractivity contribution in [3.63, 3.8) is 0 Å². The monoisotopic (exact) mass is 365 g/mol. The lowest BCUT2D eigenvalue weighted by molar-refractivity contribution is 0.256. The number of nitrogens with one attached hydrogen (secondary N) is 1. The molecule has 2 aromatic carbocycles. The Kier molecular flexibility index (Phi) is 6.71. The number of hydrogen-bond acceptors (Lipinski definition) is 3. The Morgan fingerprint density at radius 3 is 2.33 bits per heavy atom. The SMILES string of the molecule is Cc1cc(C)cc(NC(N)=NCCCN2CCN(c3ccccc3)CC2)c1. The fourth-order valence-corrected chi connectivity index (χ4v) is 3.60. The van der Waals surface area contributed by atoms with Crippen LogP contribution in [-0.4, -0.2) is 50.1 Å². The van der Waals surface area contributed by atoms with Gasteiger partial charge in [0.25, 0.3) is 0 Å². The molecule has 0 radical (unpaired) electrons. The van der Waals surface area contributed by atoms with Gasteiger partial charge in [0.1, 0.15) is 0 Å². The Balaban J connectivity index is 1.37. The molecule has 5 nitrogen and oxygen atoms in total. The van der Waals surface area contributed by atoms with Crippen LogP contribution in [0.15, 0.2) is 53.5 Å². The van der Waals surface area contributed by atoms with E-state index in [0.29, 0.717) is 5.96 Å². The second-order valence-corrected chi connectivity index (χ2v) is 7.29. The van der Waals surface area contributed by atoms with Crippen LogP contribution in [-0.2, 0) is 0 Å². The molecule has 0 saturated carbocycles. The van der Waals surface area contributed by atoms with Crippen LogP contribution in [0.5, 0.6) is 0 Å². The Bertz CT molecular complexity index is 728. The number of rotatable bonds is 6. The van der Waals surface area contributed by atoms with Crippen molar-refractivity contribution in [2.75, 3.05) is 49.5 Å². The molecule has 1 fully saturated rings. The van der Waals surface area contributed by atoms with Crippen molar-refractivity contribution < 1.29 is 0 Å². The van der Waals surface area contributed by atoms with Crippen LogP contribution in [0.25, 0.3) is 0 Å². The largest absolute Gasteiger partial charge is 0.370 e. The van der Waals surface area contributed by atoms with Crippen LogP contribution < -0.4 is 16.0 Å². The van der Waals surface area contributed by atoms with Gasteiger partial charge in [-0.15, -0.1) is 0 Å². The average Bonchev–Trinajstić information content (AvgIpc) is 2.66. The number of aryl methyl sites for hydroxylation is 2. The van der Waals surface area contributed by atoms with Gasteiger partial charge in [0.15, 0.2) is 5.96 Å². The van der Waals surface area contributed by atoms with Crippen molar-refractivity contribution >= 4 is 17.3 Å². The molecule has 1 aliphatic heterocycles. The van der Waals surface area contributed by atoms with Crippen molar-refractivity contribution in [2.24, 2.45) is 10.7 Å². The third-order valence-electron chi connectivity index (χ3n) is 4.90. The van der Waals surface area contributed by atoms with E-state index in [-0.39, 0.29) is 0 Å². The van der Waals surface area contributed by atoms with Crippen molar-refractivity contribution in [1.82, 2.24) is 4.90 Å². The number of aliphatic imine (C=N–C) groups is 1. The first-order valence-electron chi connectivity index (χ1n) is 9.78. The summed E-state index contributed by atoms with van der Waals surface area (Å²) in [5, 5.41) is 3.19. The Morgan fingerprint density at radius 1 is 1.00 bits per heavy atom. The van der Waals surface area contributed by atoms with Crippen molar-refractivity contribution in [1.29, 1.82) is 0 Å². The first kappa shape index (κ1) is 19.2. The van der Waals surface area contributed by atoms with Gasteiger partial charge in [0.05, 0.1) is 0 Å². The third-order valence-corrected chi connectivity index (χ3v) is 4.90. The van der Waals surface area contributed by atoms with Gasteiger partial charge in [-0.2, -0.15) is 0 Å². The molecule has 1 saturated heterocycles. The predicted molar refractivity (Wildman–Crippen MR) is 116 cm³/mol. The summed E-state index contributed by atoms with van der Waals surface area (Å²) in [6.07, 6.45) is 1.03. The molecule has 3 N–H and O–H groups in total. The second kappa shape index (κ2) is 9.42. The number of piperazine rings is 1. The van der Waals surface area contributed by atoms with Crippen LogP contribution in [0.4, 0.5) is 11.4 Å². The van der Waals surface area contributed by atoms with E-state index < -0.39 is 0 Å². The van der Waals surface area contributed by atoms with Gasteiger partial charge < -0.3 is 16.0 Å². The smallest absolute Gasteiger partial charge is 0.193 e. The van der Waals surface area contributed by atoms with Gasteiger partial charge in [-0.3, -0.25) is 9.89 Å². The first-order valence-corrected chi connectivity index (χ1v) is 9.78. The highest BCUT2D eigenvalue weighted by molar-refractivity contribution is 5.92. The molecular formula is C22H31N5. The van der Waals surface area contributed by atoms with E-state index in [1.807, 2.05) is 0 Å². The zero-order chi connectivity index (χ0) is 19.1. The van der Waals surface area contributed by atoms with Gasteiger partial charge in [-0.05, 0) is 55.7 Å². The number of benzene rings is 2. The highest BCUT2D eigenvalue weighted by Crippen LogP contribution is 2.16. The molecule has 0 aromatic heterocycles. The maximum absolute atomic E-state index is 6.03. The number of nitrogens with zero attached hydrogens (tertiary/aromatic N) is 3. The topological polar surface area (TPSA) is 56.9 Å². The number of para-hydroxylation sites is 1. The lowest BCUT2D eigenvalue weighted by atomic mass is 10.1. The molecule has 0 bridgehead atoms. The zero-order valence-electron chi connectivity index (χ0n) is 16.5. The van der Waals surface area contributed by atoms with Crippen LogP contribution >= 0.6 is 0 Å². The predicted octanol–water partition coefficient (Wildman–Crippen LogP) is 3.24. The zero-order valence-corrected chi connectivity index (χ0v) is 16.5. The van der Waals surface area contributed by atoms with Crippen LogP contribution in [0, 0.1) is 13.8 Å². The van der Waals surface area contributed by atoms with E-state index >= 15 is 0 Å². The van der Waals surface area contributed by atoms with Crippen molar-refractivity contribution in [2.45, 2.75) is 20.3 Å². The lowest BCUT2D eigenvalue weighted by Crippen LogP contribution is -2.46. The number of nitrogens with two attached hydrogens (primary N) is 1. The summed E-state index contributed by atoms with van der Waals surface area (Å²) in [5.74, 6) is 0.494.